The molecule has 10 heteroatoms. The Morgan fingerprint density at radius 3 is 2.53 bits per heavy atom. The standard InChI is InChI=1S/C26H37N3O6S/c1-5-21-23-22(9-7-15-34-16-8-14-27-24(23)30)29(28-21)17-26(3,4)18-35-25(31)19-10-12-20(13-11-19)36(32,33)6-2/h10-13H,5-9,14-18H2,1-4H3,(H,27,30). The predicted molar refractivity (Wildman–Crippen MR) is 136 cm³/mol. The first-order valence-electron chi connectivity index (χ1n) is 12.5. The lowest BCUT2D eigenvalue weighted by Crippen LogP contribution is -2.29. The molecule has 1 aliphatic rings. The Kier molecular flexibility index (Phi) is 9.30. The van der Waals surface area contributed by atoms with Gasteiger partial charge in [0.1, 0.15) is 0 Å². The van der Waals surface area contributed by atoms with Crippen molar-refractivity contribution in [2.75, 3.05) is 32.1 Å². The molecule has 9 nitrogen and oxygen atoms in total. The van der Waals surface area contributed by atoms with Crippen molar-refractivity contribution in [2.45, 2.75) is 64.8 Å². The molecule has 0 aliphatic carbocycles. The van der Waals surface area contributed by atoms with Gasteiger partial charge in [-0.3, -0.25) is 9.48 Å². The molecule has 2 heterocycles. The third-order valence-electron chi connectivity index (χ3n) is 6.15. The summed E-state index contributed by atoms with van der Waals surface area (Å²) < 4.78 is 37.1. The number of sulfone groups is 1. The largest absolute Gasteiger partial charge is 0.461 e. The number of amides is 1. The van der Waals surface area contributed by atoms with E-state index in [2.05, 4.69) is 5.32 Å². The average Bonchev–Trinajstić information content (AvgIpc) is 3.18. The van der Waals surface area contributed by atoms with Gasteiger partial charge >= 0.3 is 5.97 Å². The van der Waals surface area contributed by atoms with E-state index in [1.54, 1.807) is 6.92 Å². The minimum absolute atomic E-state index is 0.00343. The van der Waals surface area contributed by atoms with Gasteiger partial charge in [0.05, 0.1) is 39.8 Å². The normalized spacial score (nSPS) is 15.5. The number of hydrogen-bond donors (Lipinski definition) is 1. The van der Waals surface area contributed by atoms with Crippen LogP contribution >= 0.6 is 0 Å². The molecule has 198 valence electrons. The van der Waals surface area contributed by atoms with Gasteiger partial charge in [-0.2, -0.15) is 5.10 Å². The lowest BCUT2D eigenvalue weighted by atomic mass is 9.94. The summed E-state index contributed by atoms with van der Waals surface area (Å²) in [6.07, 6.45) is 2.86. The number of rotatable bonds is 8. The molecule has 2 aromatic rings. The SMILES string of the molecule is CCc1nn(CC(C)(C)COC(=O)c2ccc(S(=O)(=O)CC)cc2)c2c1C(=O)NCCCOCCC2. The molecule has 36 heavy (non-hydrogen) atoms. The molecule has 1 aliphatic heterocycles. The van der Waals surface area contributed by atoms with Gasteiger partial charge in [0.25, 0.3) is 5.91 Å². The molecule has 1 N–H and O–H groups in total. The summed E-state index contributed by atoms with van der Waals surface area (Å²) in [5.41, 5.74) is 2.11. The van der Waals surface area contributed by atoms with E-state index in [-0.39, 0.29) is 23.2 Å². The van der Waals surface area contributed by atoms with Gasteiger partial charge in [-0.25, -0.2) is 13.2 Å². The molecule has 1 aromatic carbocycles. The van der Waals surface area contributed by atoms with Crippen molar-refractivity contribution >= 4 is 21.7 Å². The Bertz CT molecular complexity index is 1170. The summed E-state index contributed by atoms with van der Waals surface area (Å²) in [6.45, 7) is 9.91. The van der Waals surface area contributed by atoms with Crippen LogP contribution < -0.4 is 5.32 Å². The van der Waals surface area contributed by atoms with Gasteiger partial charge in [0, 0.05) is 31.7 Å². The molecular weight excluding hydrogens is 482 g/mol. The lowest BCUT2D eigenvalue weighted by molar-refractivity contribution is 0.0304. The van der Waals surface area contributed by atoms with Crippen LogP contribution in [0.25, 0.3) is 0 Å². The number of benzene rings is 1. The second-order valence-electron chi connectivity index (χ2n) is 9.77. The fraction of sp³-hybridized carbons (Fsp3) is 0.577. The van der Waals surface area contributed by atoms with Gasteiger partial charge in [-0.05, 0) is 49.9 Å². The summed E-state index contributed by atoms with van der Waals surface area (Å²) in [4.78, 5) is 25.8. The first-order valence-corrected chi connectivity index (χ1v) is 14.2. The molecule has 0 fully saturated rings. The van der Waals surface area contributed by atoms with Crippen LogP contribution in [0.5, 0.6) is 0 Å². The Balaban J connectivity index is 1.73. The van der Waals surface area contributed by atoms with Gasteiger partial charge < -0.3 is 14.8 Å². The molecule has 0 spiro atoms. The second kappa shape index (κ2) is 12.0. The van der Waals surface area contributed by atoms with E-state index < -0.39 is 21.2 Å². The van der Waals surface area contributed by atoms with Crippen molar-refractivity contribution in [3.63, 3.8) is 0 Å². The van der Waals surface area contributed by atoms with Crippen molar-refractivity contribution < 1.29 is 27.5 Å². The Morgan fingerprint density at radius 1 is 1.17 bits per heavy atom. The summed E-state index contributed by atoms with van der Waals surface area (Å²) in [5.74, 6) is -0.627. The molecule has 3 rings (SSSR count). The average molecular weight is 520 g/mol. The molecule has 1 aromatic heterocycles. The van der Waals surface area contributed by atoms with Gasteiger partial charge in [0.2, 0.25) is 0 Å². The molecule has 1 amide bonds. The van der Waals surface area contributed by atoms with Crippen molar-refractivity contribution in [3.8, 4) is 0 Å². The van der Waals surface area contributed by atoms with E-state index in [4.69, 9.17) is 14.6 Å². The molecular formula is C26H37N3O6S. The number of esters is 1. The van der Waals surface area contributed by atoms with Crippen LogP contribution in [0, 0.1) is 5.41 Å². The topological polar surface area (TPSA) is 117 Å². The van der Waals surface area contributed by atoms with Crippen LogP contribution in [0.15, 0.2) is 29.2 Å². The van der Waals surface area contributed by atoms with E-state index in [0.29, 0.717) is 50.3 Å². The lowest BCUT2D eigenvalue weighted by Gasteiger charge is -2.25. The zero-order valence-corrected chi connectivity index (χ0v) is 22.4. The highest BCUT2D eigenvalue weighted by Gasteiger charge is 2.28. The van der Waals surface area contributed by atoms with Crippen LogP contribution in [0.3, 0.4) is 0 Å². The molecule has 0 radical (unpaired) electrons. The summed E-state index contributed by atoms with van der Waals surface area (Å²) in [6, 6.07) is 5.79. The fourth-order valence-corrected chi connectivity index (χ4v) is 5.00. The van der Waals surface area contributed by atoms with Crippen LogP contribution in [0.1, 0.15) is 72.6 Å². The van der Waals surface area contributed by atoms with Crippen LogP contribution in [-0.4, -0.2) is 62.2 Å². The van der Waals surface area contributed by atoms with Crippen LogP contribution in [-0.2, 0) is 38.7 Å². The third kappa shape index (κ3) is 6.94. The van der Waals surface area contributed by atoms with Gasteiger partial charge in [-0.1, -0.05) is 27.7 Å². The third-order valence-corrected chi connectivity index (χ3v) is 7.90. The maximum atomic E-state index is 13.0. The first kappa shape index (κ1) is 27.9. The number of aromatic nitrogens is 2. The highest BCUT2D eigenvalue weighted by atomic mass is 32.2. The first-order chi connectivity index (χ1) is 17.1. The van der Waals surface area contributed by atoms with Crippen LogP contribution in [0.2, 0.25) is 0 Å². The molecule has 0 bridgehead atoms. The predicted octanol–water partition coefficient (Wildman–Crippen LogP) is 3.21. The van der Waals surface area contributed by atoms with E-state index in [9.17, 15) is 18.0 Å². The summed E-state index contributed by atoms with van der Waals surface area (Å²) in [7, 11) is -3.33. The molecule has 0 saturated heterocycles. The number of hydrogen-bond acceptors (Lipinski definition) is 7. The summed E-state index contributed by atoms with van der Waals surface area (Å²) >= 11 is 0. The van der Waals surface area contributed by atoms with Crippen molar-refractivity contribution in [2.24, 2.45) is 5.41 Å². The van der Waals surface area contributed by atoms with E-state index >= 15 is 0 Å². The number of nitrogens with zero attached hydrogens (tertiary/aromatic N) is 2. The smallest absolute Gasteiger partial charge is 0.338 e. The van der Waals surface area contributed by atoms with E-state index in [0.717, 1.165) is 24.2 Å². The van der Waals surface area contributed by atoms with E-state index in [1.165, 1.54) is 24.3 Å². The Hall–Kier alpha value is -2.72. The molecule has 0 saturated carbocycles. The zero-order chi connectivity index (χ0) is 26.3. The monoisotopic (exact) mass is 519 g/mol. The van der Waals surface area contributed by atoms with Crippen molar-refractivity contribution in [1.29, 1.82) is 0 Å². The zero-order valence-electron chi connectivity index (χ0n) is 21.6. The number of nitrogens with one attached hydrogen (secondary N) is 1. The second-order valence-corrected chi connectivity index (χ2v) is 12.1. The number of ether oxygens (including phenoxy) is 2. The van der Waals surface area contributed by atoms with E-state index in [1.807, 2.05) is 25.5 Å². The van der Waals surface area contributed by atoms with Crippen molar-refractivity contribution in [3.05, 3.63) is 46.8 Å². The van der Waals surface area contributed by atoms with Crippen molar-refractivity contribution in [1.82, 2.24) is 15.1 Å². The minimum atomic E-state index is -3.33. The fourth-order valence-electron chi connectivity index (χ4n) is 4.11. The quantitative estimate of drug-likeness (QED) is 0.532. The number of carbonyl (C=O) groups excluding carboxylic acids is 2. The van der Waals surface area contributed by atoms with Gasteiger partial charge in [0.15, 0.2) is 9.84 Å². The number of fused-ring (bicyclic) bond motifs is 1. The maximum Gasteiger partial charge on any atom is 0.338 e. The highest BCUT2D eigenvalue weighted by Crippen LogP contribution is 2.25. The Morgan fingerprint density at radius 2 is 1.86 bits per heavy atom. The number of carbonyl (C=O) groups is 2. The number of aryl methyl sites for hydroxylation is 1. The maximum absolute atomic E-state index is 13.0. The molecule has 0 unspecified atom stereocenters. The Labute approximate surface area is 213 Å². The minimum Gasteiger partial charge on any atom is -0.461 e. The molecule has 0 atom stereocenters. The van der Waals surface area contributed by atoms with Gasteiger partial charge in [-0.15, -0.1) is 0 Å². The summed E-state index contributed by atoms with van der Waals surface area (Å²) in [5, 5.41) is 7.74. The highest BCUT2D eigenvalue weighted by molar-refractivity contribution is 7.91. The van der Waals surface area contributed by atoms with Crippen LogP contribution in [0.4, 0.5) is 0 Å².